The molecule has 2 aromatic rings. The highest BCUT2D eigenvalue weighted by atomic mass is 16.2. The lowest BCUT2D eigenvalue weighted by atomic mass is 9.95. The van der Waals surface area contributed by atoms with E-state index in [-0.39, 0.29) is 0 Å². The molecule has 118 valence electrons. The molecule has 0 atom stereocenters. The molecule has 0 saturated heterocycles. The Bertz CT molecular complexity index is 642. The van der Waals surface area contributed by atoms with E-state index in [4.69, 9.17) is 0 Å². The van der Waals surface area contributed by atoms with Crippen LogP contribution >= 0.6 is 0 Å². The SMILES string of the molecule is CC(=O)C(C(C)=O)C(=O)NC(c1ccccc1)c1ccccc1. The van der Waals surface area contributed by atoms with E-state index in [1.165, 1.54) is 13.8 Å². The van der Waals surface area contributed by atoms with Gasteiger partial charge in [-0.05, 0) is 25.0 Å². The molecule has 0 aliphatic rings. The highest BCUT2D eigenvalue weighted by molar-refractivity contribution is 6.17. The van der Waals surface area contributed by atoms with Gasteiger partial charge in [0.1, 0.15) is 11.6 Å². The van der Waals surface area contributed by atoms with Gasteiger partial charge in [0.25, 0.3) is 0 Å². The van der Waals surface area contributed by atoms with E-state index in [0.29, 0.717) is 0 Å². The van der Waals surface area contributed by atoms with Crippen LogP contribution < -0.4 is 5.32 Å². The van der Waals surface area contributed by atoms with Gasteiger partial charge < -0.3 is 5.32 Å². The van der Waals surface area contributed by atoms with Crippen LogP contribution in [-0.4, -0.2) is 17.5 Å². The summed E-state index contributed by atoms with van der Waals surface area (Å²) in [5.74, 6) is -2.72. The number of hydrogen-bond acceptors (Lipinski definition) is 3. The second kappa shape index (κ2) is 7.49. The van der Waals surface area contributed by atoms with Crippen molar-refractivity contribution in [3.8, 4) is 0 Å². The van der Waals surface area contributed by atoms with Crippen molar-refractivity contribution in [3.05, 3.63) is 71.8 Å². The van der Waals surface area contributed by atoms with Gasteiger partial charge in [-0.1, -0.05) is 60.7 Å². The van der Waals surface area contributed by atoms with Gasteiger partial charge in [-0.2, -0.15) is 0 Å². The van der Waals surface area contributed by atoms with Crippen molar-refractivity contribution in [1.82, 2.24) is 5.32 Å². The monoisotopic (exact) mass is 309 g/mol. The summed E-state index contributed by atoms with van der Waals surface area (Å²) < 4.78 is 0. The summed E-state index contributed by atoms with van der Waals surface area (Å²) in [6, 6.07) is 18.5. The zero-order valence-electron chi connectivity index (χ0n) is 13.2. The minimum atomic E-state index is -1.26. The fraction of sp³-hybridized carbons (Fsp3) is 0.211. The number of rotatable bonds is 6. The van der Waals surface area contributed by atoms with Gasteiger partial charge in [0.05, 0.1) is 6.04 Å². The van der Waals surface area contributed by atoms with Crippen molar-refractivity contribution in [2.75, 3.05) is 0 Å². The lowest BCUT2D eigenvalue weighted by Gasteiger charge is -2.22. The standard InChI is InChI=1S/C19H19NO3/c1-13(21)17(14(2)22)19(23)20-18(15-9-5-3-6-10-15)16-11-7-4-8-12-16/h3-12,17-18H,1-2H3,(H,20,23). The lowest BCUT2D eigenvalue weighted by molar-refractivity contribution is -0.139. The predicted octanol–water partition coefficient (Wildman–Crippen LogP) is 2.69. The summed E-state index contributed by atoms with van der Waals surface area (Å²) in [5.41, 5.74) is 1.77. The number of ketones is 2. The summed E-state index contributed by atoms with van der Waals surface area (Å²) in [6.45, 7) is 2.51. The van der Waals surface area contributed by atoms with E-state index in [9.17, 15) is 14.4 Å². The fourth-order valence-electron chi connectivity index (χ4n) is 2.53. The molecule has 0 spiro atoms. The van der Waals surface area contributed by atoms with Crippen molar-refractivity contribution in [2.45, 2.75) is 19.9 Å². The van der Waals surface area contributed by atoms with Crippen LogP contribution in [0.5, 0.6) is 0 Å². The van der Waals surface area contributed by atoms with E-state index in [1.54, 1.807) is 0 Å². The molecule has 0 radical (unpaired) electrons. The van der Waals surface area contributed by atoms with Crippen molar-refractivity contribution >= 4 is 17.5 Å². The van der Waals surface area contributed by atoms with Crippen LogP contribution in [0, 0.1) is 5.92 Å². The molecule has 2 aromatic carbocycles. The molecule has 0 saturated carbocycles. The molecule has 4 nitrogen and oxygen atoms in total. The molecule has 0 fully saturated rings. The third-order valence-electron chi connectivity index (χ3n) is 3.63. The summed E-state index contributed by atoms with van der Waals surface area (Å²) in [5, 5.41) is 2.83. The third kappa shape index (κ3) is 4.13. The van der Waals surface area contributed by atoms with Crippen LogP contribution in [0.4, 0.5) is 0 Å². The molecule has 0 heterocycles. The highest BCUT2D eigenvalue weighted by Gasteiger charge is 2.30. The number of carbonyl (C=O) groups excluding carboxylic acids is 3. The van der Waals surface area contributed by atoms with Crippen LogP contribution in [0.25, 0.3) is 0 Å². The Morgan fingerprint density at radius 2 is 1.13 bits per heavy atom. The normalized spacial score (nSPS) is 10.6. The first kappa shape index (κ1) is 16.6. The number of nitrogens with one attached hydrogen (secondary N) is 1. The first-order chi connectivity index (χ1) is 11.0. The molecule has 23 heavy (non-hydrogen) atoms. The predicted molar refractivity (Wildman–Crippen MR) is 87.7 cm³/mol. The lowest BCUT2D eigenvalue weighted by Crippen LogP contribution is -2.40. The zero-order valence-corrected chi connectivity index (χ0v) is 13.2. The Morgan fingerprint density at radius 3 is 1.48 bits per heavy atom. The second-order valence-electron chi connectivity index (χ2n) is 5.42. The van der Waals surface area contributed by atoms with E-state index in [2.05, 4.69) is 5.32 Å². The molecule has 0 aliphatic carbocycles. The first-order valence-electron chi connectivity index (χ1n) is 7.42. The van der Waals surface area contributed by atoms with Crippen LogP contribution in [0.1, 0.15) is 31.0 Å². The maximum atomic E-state index is 12.4. The van der Waals surface area contributed by atoms with Gasteiger partial charge in [-0.25, -0.2) is 0 Å². The van der Waals surface area contributed by atoms with E-state index < -0.39 is 29.4 Å². The van der Waals surface area contributed by atoms with Gasteiger partial charge in [-0.3, -0.25) is 14.4 Å². The second-order valence-corrected chi connectivity index (χ2v) is 5.42. The van der Waals surface area contributed by atoms with Gasteiger partial charge in [0, 0.05) is 0 Å². The molecular weight excluding hydrogens is 290 g/mol. The van der Waals surface area contributed by atoms with Crippen LogP contribution in [0.3, 0.4) is 0 Å². The molecule has 0 aromatic heterocycles. The first-order valence-corrected chi connectivity index (χ1v) is 7.42. The Hall–Kier alpha value is -2.75. The zero-order chi connectivity index (χ0) is 16.8. The highest BCUT2D eigenvalue weighted by Crippen LogP contribution is 2.22. The number of benzene rings is 2. The minimum Gasteiger partial charge on any atom is -0.344 e. The molecule has 0 bridgehead atoms. The minimum absolute atomic E-state index is 0.411. The number of Topliss-reactive ketones (excluding diaryl/α,β-unsaturated/α-hetero) is 2. The topological polar surface area (TPSA) is 63.2 Å². The number of amides is 1. The third-order valence-corrected chi connectivity index (χ3v) is 3.63. The van der Waals surface area contributed by atoms with Crippen LogP contribution in [-0.2, 0) is 14.4 Å². The molecular formula is C19H19NO3. The number of hydrogen-bond donors (Lipinski definition) is 1. The van der Waals surface area contributed by atoms with Gasteiger partial charge in [0.2, 0.25) is 5.91 Å². The summed E-state index contributed by atoms with van der Waals surface area (Å²) in [7, 11) is 0. The van der Waals surface area contributed by atoms with Gasteiger partial charge in [0.15, 0.2) is 5.92 Å². The Balaban J connectivity index is 2.34. The summed E-state index contributed by atoms with van der Waals surface area (Å²) in [4.78, 5) is 35.6. The van der Waals surface area contributed by atoms with E-state index in [1.807, 2.05) is 60.7 Å². The maximum Gasteiger partial charge on any atom is 0.238 e. The van der Waals surface area contributed by atoms with E-state index >= 15 is 0 Å². The smallest absolute Gasteiger partial charge is 0.238 e. The molecule has 4 heteroatoms. The Kier molecular flexibility index (Phi) is 5.41. The quantitative estimate of drug-likeness (QED) is 0.834. The van der Waals surface area contributed by atoms with Gasteiger partial charge in [-0.15, -0.1) is 0 Å². The van der Waals surface area contributed by atoms with Crippen molar-refractivity contribution in [3.63, 3.8) is 0 Å². The fourth-order valence-corrected chi connectivity index (χ4v) is 2.53. The molecule has 0 unspecified atom stereocenters. The number of carbonyl (C=O) groups is 3. The van der Waals surface area contributed by atoms with Crippen LogP contribution in [0.2, 0.25) is 0 Å². The summed E-state index contributed by atoms with van der Waals surface area (Å²) in [6.07, 6.45) is 0. The van der Waals surface area contributed by atoms with Gasteiger partial charge >= 0.3 is 0 Å². The Morgan fingerprint density at radius 1 is 0.739 bits per heavy atom. The average molecular weight is 309 g/mol. The summed E-state index contributed by atoms with van der Waals surface area (Å²) >= 11 is 0. The van der Waals surface area contributed by atoms with E-state index in [0.717, 1.165) is 11.1 Å². The van der Waals surface area contributed by atoms with Crippen LogP contribution in [0.15, 0.2) is 60.7 Å². The van der Waals surface area contributed by atoms with Crippen molar-refractivity contribution in [1.29, 1.82) is 0 Å². The maximum absolute atomic E-state index is 12.4. The molecule has 1 N–H and O–H groups in total. The Labute approximate surface area is 135 Å². The average Bonchev–Trinajstić information content (AvgIpc) is 2.53. The van der Waals surface area contributed by atoms with Crippen molar-refractivity contribution in [2.24, 2.45) is 5.92 Å². The largest absolute Gasteiger partial charge is 0.344 e. The molecule has 1 amide bonds. The van der Waals surface area contributed by atoms with Crippen molar-refractivity contribution < 1.29 is 14.4 Å². The molecule has 2 rings (SSSR count). The molecule has 0 aliphatic heterocycles.